The van der Waals surface area contributed by atoms with Gasteiger partial charge in [-0.2, -0.15) is 0 Å². The Kier molecular flexibility index (Phi) is 7.94. The first-order valence-corrected chi connectivity index (χ1v) is 8.56. The van der Waals surface area contributed by atoms with Gasteiger partial charge in [0.25, 0.3) is 0 Å². The van der Waals surface area contributed by atoms with Crippen molar-refractivity contribution < 1.29 is 4.79 Å². The van der Waals surface area contributed by atoms with E-state index in [-0.39, 0.29) is 19.6 Å². The molecule has 0 aliphatic heterocycles. The number of rotatable bonds is 7. The second-order valence-corrected chi connectivity index (χ2v) is 7.04. The third kappa shape index (κ3) is 7.28. The van der Waals surface area contributed by atoms with Gasteiger partial charge in [0.1, 0.15) is 0 Å². The average molecular weight is 333 g/mol. The van der Waals surface area contributed by atoms with Crippen LogP contribution in [0, 0.1) is 0 Å². The third-order valence-electron chi connectivity index (χ3n) is 2.63. The van der Waals surface area contributed by atoms with Crippen molar-refractivity contribution in [1.82, 2.24) is 0 Å². The van der Waals surface area contributed by atoms with E-state index in [2.05, 4.69) is 19.9 Å². The minimum atomic E-state index is -0.120. The van der Waals surface area contributed by atoms with Crippen molar-refractivity contribution in [3.8, 4) is 0 Å². The summed E-state index contributed by atoms with van der Waals surface area (Å²) in [5.41, 5.74) is 2.44. The molecule has 0 aliphatic rings. The van der Waals surface area contributed by atoms with Gasteiger partial charge >= 0.3 is 128 Å². The van der Waals surface area contributed by atoms with Crippen molar-refractivity contribution in [3.63, 3.8) is 0 Å². The van der Waals surface area contributed by atoms with Gasteiger partial charge in [0.2, 0.25) is 0 Å². The second kappa shape index (κ2) is 9.52. The van der Waals surface area contributed by atoms with Gasteiger partial charge in [-0.05, 0) is 0 Å². The van der Waals surface area contributed by atoms with Crippen molar-refractivity contribution >= 4 is 24.1 Å². The first-order chi connectivity index (χ1) is 9.61. The molecule has 1 aromatic rings. The van der Waals surface area contributed by atoms with Crippen molar-refractivity contribution in [2.24, 2.45) is 0 Å². The topological polar surface area (TPSA) is 17.1 Å². The molecule has 0 N–H and O–H groups in total. The second-order valence-electron chi connectivity index (χ2n) is 4.77. The van der Waals surface area contributed by atoms with Crippen LogP contribution in [0.5, 0.6) is 0 Å². The summed E-state index contributed by atoms with van der Waals surface area (Å²) in [6.07, 6.45) is 9.97. The molecule has 106 valence electrons. The summed E-state index contributed by atoms with van der Waals surface area (Å²) in [7, 11) is 0. The number of hydrogen-bond donors (Lipinski definition) is 0. The average Bonchev–Trinajstić information content (AvgIpc) is 2.39. The first kappa shape index (κ1) is 16.7. The predicted octanol–water partition coefficient (Wildman–Crippen LogP) is 3.79. The molecular weight excluding hydrogens is 311 g/mol. The number of benzene rings is 1. The molecule has 0 radical (unpaired) electrons. The maximum absolute atomic E-state index is 12.1. The SMILES string of the molecule is C/C=C/C(=C\C(=O)[Se]c1ccccc1)CCC=C(C)C. The van der Waals surface area contributed by atoms with Crippen LogP contribution in [0.15, 0.2) is 65.8 Å². The number of carbonyl (C=O) groups excluding carboxylic acids is 1. The van der Waals surface area contributed by atoms with Crippen LogP contribution in [0.4, 0.5) is 0 Å². The quantitative estimate of drug-likeness (QED) is 0.321. The molecule has 0 aromatic heterocycles. The molecule has 20 heavy (non-hydrogen) atoms. The Balaban J connectivity index is 2.65. The number of hydrogen-bond acceptors (Lipinski definition) is 1. The molecule has 0 spiro atoms. The maximum atomic E-state index is 12.1. The fourth-order valence-electron chi connectivity index (χ4n) is 1.73. The van der Waals surface area contributed by atoms with Gasteiger partial charge in [-0.15, -0.1) is 0 Å². The van der Waals surface area contributed by atoms with E-state index in [4.69, 9.17) is 0 Å². The standard InChI is InChI=1S/C18H22OSe/c1-4-9-16(11-8-10-15(2)3)14-18(19)20-17-12-6-5-7-13-17/h4-7,9-10,12-14H,8,11H2,1-3H3/b9-4+,16-14+. The summed E-state index contributed by atoms with van der Waals surface area (Å²) in [5, 5.41) is 0. The number of carbonyl (C=O) groups is 1. The summed E-state index contributed by atoms with van der Waals surface area (Å²) in [6.45, 7) is 6.19. The van der Waals surface area contributed by atoms with Crippen LogP contribution < -0.4 is 4.46 Å². The predicted molar refractivity (Wildman–Crippen MR) is 88.4 cm³/mol. The summed E-state index contributed by atoms with van der Waals surface area (Å²) >= 11 is -0.120. The zero-order valence-electron chi connectivity index (χ0n) is 12.4. The fourth-order valence-corrected chi connectivity index (χ4v) is 3.27. The van der Waals surface area contributed by atoms with Gasteiger partial charge in [-0.25, -0.2) is 0 Å². The van der Waals surface area contributed by atoms with Crippen LogP contribution in [-0.2, 0) is 4.79 Å². The summed E-state index contributed by atoms with van der Waals surface area (Å²) in [5.74, 6) is 0. The van der Waals surface area contributed by atoms with Crippen molar-refractivity contribution in [2.45, 2.75) is 33.6 Å². The Morgan fingerprint density at radius 3 is 2.50 bits per heavy atom. The molecule has 1 aromatic carbocycles. The van der Waals surface area contributed by atoms with Crippen LogP contribution in [0.1, 0.15) is 33.6 Å². The molecule has 0 fully saturated rings. The molecule has 0 bridgehead atoms. The molecule has 0 saturated carbocycles. The van der Waals surface area contributed by atoms with Gasteiger partial charge < -0.3 is 0 Å². The van der Waals surface area contributed by atoms with Crippen LogP contribution in [-0.4, -0.2) is 19.6 Å². The molecule has 0 atom stereocenters. The van der Waals surface area contributed by atoms with E-state index in [9.17, 15) is 4.79 Å². The van der Waals surface area contributed by atoms with Gasteiger partial charge in [0.05, 0.1) is 0 Å². The van der Waals surface area contributed by atoms with Gasteiger partial charge in [0.15, 0.2) is 0 Å². The zero-order valence-corrected chi connectivity index (χ0v) is 14.1. The molecule has 0 unspecified atom stereocenters. The summed E-state index contributed by atoms with van der Waals surface area (Å²) in [6, 6.07) is 9.98. The fraction of sp³-hybridized carbons (Fsp3) is 0.278. The van der Waals surface area contributed by atoms with Crippen molar-refractivity contribution in [3.05, 3.63) is 65.8 Å². The van der Waals surface area contributed by atoms with Crippen LogP contribution in [0.3, 0.4) is 0 Å². The number of allylic oxidation sites excluding steroid dienone is 6. The van der Waals surface area contributed by atoms with Crippen LogP contribution in [0.25, 0.3) is 0 Å². The van der Waals surface area contributed by atoms with E-state index in [1.54, 1.807) is 0 Å². The van der Waals surface area contributed by atoms with E-state index >= 15 is 0 Å². The molecule has 0 aliphatic carbocycles. The van der Waals surface area contributed by atoms with Crippen molar-refractivity contribution in [2.75, 3.05) is 0 Å². The third-order valence-corrected chi connectivity index (χ3v) is 4.37. The van der Waals surface area contributed by atoms with E-state index in [1.165, 1.54) is 5.57 Å². The molecule has 0 heterocycles. The Bertz CT molecular complexity index is 505. The van der Waals surface area contributed by atoms with Gasteiger partial charge in [-0.1, -0.05) is 0 Å². The Labute approximate surface area is 128 Å². The van der Waals surface area contributed by atoms with Crippen LogP contribution in [0.2, 0.25) is 0 Å². The Morgan fingerprint density at radius 2 is 1.90 bits per heavy atom. The van der Waals surface area contributed by atoms with E-state index < -0.39 is 0 Å². The molecule has 2 heteroatoms. The Morgan fingerprint density at radius 1 is 1.20 bits per heavy atom. The van der Waals surface area contributed by atoms with E-state index in [0.717, 1.165) is 22.9 Å². The van der Waals surface area contributed by atoms with Crippen molar-refractivity contribution in [1.29, 1.82) is 0 Å². The van der Waals surface area contributed by atoms with E-state index in [1.807, 2.05) is 55.5 Å². The zero-order chi connectivity index (χ0) is 14.8. The Hall–Kier alpha value is -1.37. The monoisotopic (exact) mass is 334 g/mol. The summed E-state index contributed by atoms with van der Waals surface area (Å²) in [4.78, 5) is 12.1. The molecule has 1 nitrogen and oxygen atoms in total. The molecule has 0 saturated heterocycles. The van der Waals surface area contributed by atoms with Crippen LogP contribution >= 0.6 is 0 Å². The normalized spacial score (nSPS) is 11.7. The van der Waals surface area contributed by atoms with Gasteiger partial charge in [0, 0.05) is 0 Å². The molecule has 1 rings (SSSR count). The minimum absolute atomic E-state index is 0.120. The van der Waals surface area contributed by atoms with E-state index in [0.29, 0.717) is 0 Å². The van der Waals surface area contributed by atoms with Gasteiger partial charge in [-0.3, -0.25) is 0 Å². The first-order valence-electron chi connectivity index (χ1n) is 6.85. The summed E-state index contributed by atoms with van der Waals surface area (Å²) < 4.78 is 1.36. The molecule has 0 amide bonds. The molecular formula is C18H22OSe.